The highest BCUT2D eigenvalue weighted by Crippen LogP contribution is 2.15. The molecule has 0 saturated heterocycles. The predicted molar refractivity (Wildman–Crippen MR) is 101 cm³/mol. The maximum Gasteiger partial charge on any atom is 0.256 e. The van der Waals surface area contributed by atoms with Crippen molar-refractivity contribution >= 4 is 35.0 Å². The Labute approximate surface area is 163 Å². The predicted octanol–water partition coefficient (Wildman–Crippen LogP) is 3.19. The molecule has 0 spiro atoms. The fourth-order valence-electron chi connectivity index (χ4n) is 2.57. The number of hydrogen-bond donors (Lipinski definition) is 0. The van der Waals surface area contributed by atoms with Gasteiger partial charge in [0.25, 0.3) is 5.91 Å². The first kappa shape index (κ1) is 20.4. The average molecular weight is 400 g/mol. The molecule has 6 nitrogen and oxygen atoms in total. The maximum atomic E-state index is 12.9. The number of nitrogens with zero attached hydrogens (tertiary/aromatic N) is 3. The zero-order valence-electron chi connectivity index (χ0n) is 15.1. The smallest absolute Gasteiger partial charge is 0.256 e. The van der Waals surface area contributed by atoms with Gasteiger partial charge in [-0.3, -0.25) is 9.59 Å². The van der Waals surface area contributed by atoms with Crippen LogP contribution in [0.4, 0.5) is 0 Å². The second kappa shape index (κ2) is 9.14. The van der Waals surface area contributed by atoms with Crippen LogP contribution in [0, 0.1) is 0 Å². The van der Waals surface area contributed by atoms with Gasteiger partial charge < -0.3 is 18.8 Å². The molecule has 2 aromatic heterocycles. The Morgan fingerprint density at radius 1 is 1.19 bits per heavy atom. The van der Waals surface area contributed by atoms with E-state index in [0.29, 0.717) is 18.8 Å². The second-order valence-electron chi connectivity index (χ2n) is 6.30. The minimum Gasteiger partial charge on any atom is -0.467 e. The minimum absolute atomic E-state index is 0.0996. The average Bonchev–Trinajstić information content (AvgIpc) is 3.23. The molecule has 2 heterocycles. The zero-order chi connectivity index (χ0) is 19.3. The van der Waals surface area contributed by atoms with E-state index in [9.17, 15) is 9.59 Å². The summed E-state index contributed by atoms with van der Waals surface area (Å²) in [5, 5.41) is 0. The molecule has 2 rings (SSSR count). The van der Waals surface area contributed by atoms with Crippen LogP contribution in [0.25, 0.3) is 0 Å². The summed E-state index contributed by atoms with van der Waals surface area (Å²) in [6.07, 6.45) is 3.48. The number of rotatable bonds is 8. The van der Waals surface area contributed by atoms with Crippen molar-refractivity contribution in [3.8, 4) is 0 Å². The topological polar surface area (TPSA) is 58.7 Å². The molecule has 0 aliphatic carbocycles. The third-order valence-corrected chi connectivity index (χ3v) is 4.46. The van der Waals surface area contributed by atoms with E-state index in [2.05, 4.69) is 0 Å². The monoisotopic (exact) mass is 399 g/mol. The highest BCUT2D eigenvalue weighted by Gasteiger charge is 2.27. The lowest BCUT2D eigenvalue weighted by molar-refractivity contribution is -0.142. The van der Waals surface area contributed by atoms with Gasteiger partial charge in [0.1, 0.15) is 12.3 Å². The number of aryl methyl sites for hydroxylation is 1. The van der Waals surface area contributed by atoms with Crippen LogP contribution in [0.2, 0.25) is 0 Å². The second-order valence-corrected chi connectivity index (χ2v) is 7.40. The Morgan fingerprint density at radius 2 is 1.92 bits per heavy atom. The van der Waals surface area contributed by atoms with Gasteiger partial charge in [0.15, 0.2) is 4.84 Å². The van der Waals surface area contributed by atoms with Crippen LogP contribution >= 0.6 is 23.2 Å². The van der Waals surface area contributed by atoms with Gasteiger partial charge in [-0.1, -0.05) is 23.2 Å². The van der Waals surface area contributed by atoms with Crippen molar-refractivity contribution in [3.63, 3.8) is 0 Å². The number of amides is 2. The molecule has 0 aromatic carbocycles. The number of aromatic nitrogens is 1. The van der Waals surface area contributed by atoms with Gasteiger partial charge in [0.2, 0.25) is 5.91 Å². The summed E-state index contributed by atoms with van der Waals surface area (Å²) in [7, 11) is 1.92. The van der Waals surface area contributed by atoms with E-state index in [0.717, 1.165) is 5.69 Å². The lowest BCUT2D eigenvalue weighted by Crippen LogP contribution is -2.47. The van der Waals surface area contributed by atoms with Crippen molar-refractivity contribution < 1.29 is 14.0 Å². The Morgan fingerprint density at radius 3 is 2.42 bits per heavy atom. The fourth-order valence-corrected chi connectivity index (χ4v) is 2.82. The van der Waals surface area contributed by atoms with Crippen molar-refractivity contribution in [1.29, 1.82) is 0 Å². The number of hydrogen-bond acceptors (Lipinski definition) is 3. The molecule has 26 heavy (non-hydrogen) atoms. The van der Waals surface area contributed by atoms with Crippen LogP contribution in [-0.4, -0.2) is 43.6 Å². The zero-order valence-corrected chi connectivity index (χ0v) is 16.6. The Kier molecular flexibility index (Phi) is 7.17. The van der Waals surface area contributed by atoms with Gasteiger partial charge in [0.05, 0.1) is 19.4 Å². The number of carbonyl (C=O) groups is 2. The molecular formula is C18H23Cl2N3O3. The molecule has 0 unspecified atom stereocenters. The van der Waals surface area contributed by atoms with Gasteiger partial charge in [-0.25, -0.2) is 0 Å². The molecule has 0 aliphatic rings. The molecule has 8 heteroatoms. The number of alkyl halides is 2. The van der Waals surface area contributed by atoms with E-state index < -0.39 is 10.7 Å². The quantitative estimate of drug-likeness (QED) is 0.640. The van der Waals surface area contributed by atoms with Gasteiger partial charge in [0, 0.05) is 25.0 Å². The molecule has 0 bridgehead atoms. The number of furan rings is 1. The molecule has 0 atom stereocenters. The van der Waals surface area contributed by atoms with Gasteiger partial charge in [-0.2, -0.15) is 0 Å². The number of halogens is 2. The van der Waals surface area contributed by atoms with Gasteiger partial charge >= 0.3 is 0 Å². The lowest BCUT2D eigenvalue weighted by atomic mass is 10.2. The molecule has 0 radical (unpaired) electrons. The van der Waals surface area contributed by atoms with E-state index in [1.54, 1.807) is 17.2 Å². The van der Waals surface area contributed by atoms with E-state index in [1.807, 2.05) is 49.9 Å². The molecule has 0 aliphatic heterocycles. The summed E-state index contributed by atoms with van der Waals surface area (Å²) < 4.78 is 7.32. The van der Waals surface area contributed by atoms with Crippen LogP contribution in [0.5, 0.6) is 0 Å². The highest BCUT2D eigenvalue weighted by atomic mass is 35.5. The van der Waals surface area contributed by atoms with E-state index >= 15 is 0 Å². The molecule has 2 amide bonds. The van der Waals surface area contributed by atoms with Crippen molar-refractivity contribution in [2.45, 2.75) is 37.8 Å². The van der Waals surface area contributed by atoms with Crippen LogP contribution < -0.4 is 0 Å². The normalized spacial score (nSPS) is 11.2. The summed E-state index contributed by atoms with van der Waals surface area (Å²) in [5.41, 5.74) is 0.972. The lowest BCUT2D eigenvalue weighted by Gasteiger charge is -2.30. The summed E-state index contributed by atoms with van der Waals surface area (Å²) in [6, 6.07) is 7.24. The van der Waals surface area contributed by atoms with Crippen LogP contribution in [-0.2, 0) is 29.7 Å². The largest absolute Gasteiger partial charge is 0.467 e. The SMILES string of the molecule is CC(C)N(CC(=O)N(Cc1ccco1)Cc1cccn1C)C(=O)C(Cl)Cl. The molecule has 0 N–H and O–H groups in total. The minimum atomic E-state index is -1.20. The molecule has 2 aromatic rings. The molecule has 0 fully saturated rings. The first-order valence-electron chi connectivity index (χ1n) is 8.28. The third-order valence-electron chi connectivity index (χ3n) is 4.08. The van der Waals surface area contributed by atoms with Crippen LogP contribution in [0.1, 0.15) is 25.3 Å². The Hall–Kier alpha value is -1.92. The van der Waals surface area contributed by atoms with E-state index in [1.165, 1.54) is 4.90 Å². The number of carbonyl (C=O) groups excluding carboxylic acids is 2. The van der Waals surface area contributed by atoms with Crippen LogP contribution in [0.3, 0.4) is 0 Å². The van der Waals surface area contributed by atoms with Crippen molar-refractivity contribution in [2.75, 3.05) is 6.54 Å². The first-order chi connectivity index (χ1) is 12.3. The van der Waals surface area contributed by atoms with Gasteiger partial charge in [-0.15, -0.1) is 0 Å². The molecule has 0 saturated carbocycles. The maximum absolute atomic E-state index is 12.9. The highest BCUT2D eigenvalue weighted by molar-refractivity contribution is 6.53. The van der Waals surface area contributed by atoms with Crippen LogP contribution in [0.15, 0.2) is 41.1 Å². The summed E-state index contributed by atoms with van der Waals surface area (Å²) in [5.74, 6) is -0.0188. The van der Waals surface area contributed by atoms with Crippen molar-refractivity contribution in [3.05, 3.63) is 48.2 Å². The van der Waals surface area contributed by atoms with Gasteiger partial charge in [-0.05, 0) is 38.1 Å². The van der Waals surface area contributed by atoms with Crippen molar-refractivity contribution in [2.24, 2.45) is 7.05 Å². The molecular weight excluding hydrogens is 377 g/mol. The Bertz CT molecular complexity index is 726. The van der Waals surface area contributed by atoms with E-state index in [-0.39, 0.29) is 18.5 Å². The molecule has 142 valence electrons. The van der Waals surface area contributed by atoms with Crippen molar-refractivity contribution in [1.82, 2.24) is 14.4 Å². The van der Waals surface area contributed by atoms with E-state index in [4.69, 9.17) is 27.6 Å². The summed E-state index contributed by atoms with van der Waals surface area (Å²) in [4.78, 5) is 27.0. The summed E-state index contributed by atoms with van der Waals surface area (Å²) in [6.45, 7) is 4.24. The third kappa shape index (κ3) is 5.29. The Balaban J connectivity index is 2.18. The fraction of sp³-hybridized carbons (Fsp3) is 0.444. The summed E-state index contributed by atoms with van der Waals surface area (Å²) >= 11 is 11.4. The standard InChI is InChI=1S/C18H23Cl2N3O3/c1-13(2)23(18(25)17(19)20)12-16(24)22(11-15-7-5-9-26-15)10-14-6-4-8-21(14)3/h4-9,13,17H,10-12H2,1-3H3. The first-order valence-corrected chi connectivity index (χ1v) is 9.16.